The number of nitrogens with one attached hydrogen (secondary N) is 17. The first kappa shape index (κ1) is 87.5. The zero-order valence-corrected chi connectivity index (χ0v) is 64.1. The van der Waals surface area contributed by atoms with Crippen molar-refractivity contribution in [3.63, 3.8) is 0 Å². The number of benzene rings is 4. The van der Waals surface area contributed by atoms with Crippen LogP contribution in [0.2, 0.25) is 0 Å². The number of unbranched alkanes of at least 4 members (excludes halogenated alkanes) is 1. The molecule has 6 aromatic rings. The van der Waals surface area contributed by atoms with Gasteiger partial charge < -0.3 is 107 Å². The van der Waals surface area contributed by atoms with Gasteiger partial charge in [0.05, 0.1) is 24.6 Å². The third-order valence-corrected chi connectivity index (χ3v) is 20.5. The fourth-order valence-electron chi connectivity index (χ4n) is 12.1. The SMILES string of the molecule is CCCC[C@H](NC(=O)[C@@H](NC(=O)[C@@H](N)Cc1ccc(O)cc1)C(C)C)C(=O)N[C@H]1CSSC[C@@H](C(=O)N[C@@H](CCCNC(=N)N)C(=O)N[C@@H](Cc2ccccc2)C(=O)NCC(N)=O)NC(=O)[C@H](Cc2c[nH]c3ccccc23)NC(=O)[C@H](CCCNC(=N)N)NC(=O)[C@H](Cc2ccccc2)NC(=O)[C@H](Cc2c[nH]cn2)NC1=O. The first-order chi connectivity index (χ1) is 53.6. The molecule has 4 aromatic carbocycles. The normalized spacial score (nSPS) is 18.7. The number of hydrogen-bond donors (Lipinski definition) is 22. The van der Waals surface area contributed by atoms with Crippen LogP contribution in [0.3, 0.4) is 0 Å². The highest BCUT2D eigenvalue weighted by atomic mass is 33.1. The zero-order chi connectivity index (χ0) is 81.2. The number of imidazole rings is 1. The van der Waals surface area contributed by atoms with Gasteiger partial charge in [-0.15, -0.1) is 0 Å². The Morgan fingerprint density at radius 2 is 1.12 bits per heavy atom. The molecule has 0 spiro atoms. The average molecular weight is 1580 g/mol. The van der Waals surface area contributed by atoms with E-state index in [1.165, 1.54) is 24.7 Å². The van der Waals surface area contributed by atoms with E-state index in [2.05, 4.69) is 84.1 Å². The van der Waals surface area contributed by atoms with Gasteiger partial charge in [0, 0.05) is 73.6 Å². The van der Waals surface area contributed by atoms with Crippen LogP contribution in [0.1, 0.15) is 93.7 Å². The molecule has 0 radical (unpaired) electrons. The summed E-state index contributed by atoms with van der Waals surface area (Å²) in [6.07, 6.45) is 4.43. The largest absolute Gasteiger partial charge is 0.508 e. The first-order valence-corrected chi connectivity index (χ1v) is 39.3. The highest BCUT2D eigenvalue weighted by Crippen LogP contribution is 2.25. The molecule has 0 aliphatic carbocycles. The van der Waals surface area contributed by atoms with Gasteiger partial charge in [0.2, 0.25) is 70.9 Å². The van der Waals surface area contributed by atoms with E-state index in [-0.39, 0.29) is 100 Å². The van der Waals surface area contributed by atoms with Gasteiger partial charge in [-0.3, -0.25) is 68.4 Å². The van der Waals surface area contributed by atoms with Crippen molar-refractivity contribution in [1.82, 2.24) is 84.1 Å². The van der Waals surface area contributed by atoms with E-state index in [1.54, 1.807) is 117 Å². The summed E-state index contributed by atoms with van der Waals surface area (Å²) < 4.78 is 0. The van der Waals surface area contributed by atoms with Gasteiger partial charge in [0.25, 0.3) is 0 Å². The molecule has 3 heterocycles. The summed E-state index contributed by atoms with van der Waals surface area (Å²) in [5.41, 5.74) is 26.2. The maximum absolute atomic E-state index is 15.5. The number of carbonyl (C=O) groups excluding carboxylic acids is 12. The quantitative estimate of drug-likeness (QED) is 0.00947. The Balaban J connectivity index is 1.31. The summed E-state index contributed by atoms with van der Waals surface area (Å²) in [5, 5.41) is 61.5. The summed E-state index contributed by atoms with van der Waals surface area (Å²) in [6.45, 7) is 4.68. The number of H-pyrrole nitrogens is 2. The van der Waals surface area contributed by atoms with Crippen LogP contribution in [-0.4, -0.2) is 200 Å². The molecule has 35 nitrogen and oxygen atoms in total. The number of rotatable bonds is 35. The van der Waals surface area contributed by atoms with Crippen molar-refractivity contribution < 1.29 is 62.6 Å². The molecule has 1 aliphatic rings. The highest BCUT2D eigenvalue weighted by molar-refractivity contribution is 8.76. The number of amides is 12. The summed E-state index contributed by atoms with van der Waals surface area (Å²) in [7, 11) is 1.83. The van der Waals surface area contributed by atoms with Crippen molar-refractivity contribution >= 4 is 115 Å². The molecule has 112 heavy (non-hydrogen) atoms. The molecule has 602 valence electrons. The van der Waals surface area contributed by atoms with E-state index in [9.17, 15) is 29.1 Å². The minimum atomic E-state index is -1.68. The lowest BCUT2D eigenvalue weighted by atomic mass is 10.00. The Hall–Kier alpha value is -11.7. The number of hydrogen-bond acceptors (Lipinski definition) is 19. The molecule has 0 bridgehead atoms. The Bertz CT molecular complexity index is 4180. The summed E-state index contributed by atoms with van der Waals surface area (Å²) in [5.74, 6) is -12.6. The molecular weight excluding hydrogens is 1480 g/mol. The van der Waals surface area contributed by atoms with Gasteiger partial charge in [0.15, 0.2) is 11.9 Å². The molecule has 26 N–H and O–H groups in total. The number of nitrogens with zero attached hydrogens (tertiary/aromatic N) is 1. The van der Waals surface area contributed by atoms with Crippen LogP contribution in [-0.2, 0) is 89.6 Å². The number of fused-ring (bicyclic) bond motifs is 1. The smallest absolute Gasteiger partial charge is 0.244 e. The van der Waals surface area contributed by atoms with Crippen LogP contribution >= 0.6 is 21.6 Å². The van der Waals surface area contributed by atoms with E-state index in [1.807, 2.05) is 6.92 Å². The second-order valence-corrected chi connectivity index (χ2v) is 29.9. The van der Waals surface area contributed by atoms with Crippen LogP contribution in [0, 0.1) is 16.7 Å². The molecule has 11 atom stereocenters. The monoisotopic (exact) mass is 1580 g/mol. The summed E-state index contributed by atoms with van der Waals surface area (Å²) in [6, 6.07) is 14.3. The number of phenolic OH excluding ortho intramolecular Hbond substituents is 1. The second-order valence-electron chi connectivity index (χ2n) is 27.3. The lowest BCUT2D eigenvalue weighted by Crippen LogP contribution is -2.62. The predicted octanol–water partition coefficient (Wildman–Crippen LogP) is -1.35. The van der Waals surface area contributed by atoms with Crippen LogP contribution in [0.25, 0.3) is 10.9 Å². The maximum Gasteiger partial charge on any atom is 0.244 e. The number of para-hydroxylation sites is 1. The number of carbonyl (C=O) groups is 12. The number of primary amides is 1. The Morgan fingerprint density at radius 3 is 1.77 bits per heavy atom. The molecule has 7 rings (SSSR count). The molecule has 1 fully saturated rings. The Labute approximate surface area is 655 Å². The summed E-state index contributed by atoms with van der Waals surface area (Å²) in [4.78, 5) is 186. The van der Waals surface area contributed by atoms with Crippen molar-refractivity contribution in [3.8, 4) is 5.75 Å². The minimum Gasteiger partial charge on any atom is -0.508 e. The van der Waals surface area contributed by atoms with Gasteiger partial charge in [0.1, 0.15) is 66.2 Å². The lowest BCUT2D eigenvalue weighted by molar-refractivity contribution is -0.136. The van der Waals surface area contributed by atoms with Gasteiger partial charge in [-0.25, -0.2) is 4.98 Å². The van der Waals surface area contributed by atoms with E-state index in [0.29, 0.717) is 46.0 Å². The zero-order valence-electron chi connectivity index (χ0n) is 62.5. The number of aromatic nitrogens is 3. The third kappa shape index (κ3) is 28.9. The predicted molar refractivity (Wildman–Crippen MR) is 423 cm³/mol. The highest BCUT2D eigenvalue weighted by Gasteiger charge is 2.38. The average Bonchev–Trinajstić information content (AvgIpc) is 1.60. The molecule has 0 saturated carbocycles. The van der Waals surface area contributed by atoms with E-state index in [4.69, 9.17) is 33.8 Å². The van der Waals surface area contributed by atoms with Crippen molar-refractivity contribution in [2.75, 3.05) is 31.1 Å². The van der Waals surface area contributed by atoms with Gasteiger partial charge in [-0.1, -0.05) is 146 Å². The van der Waals surface area contributed by atoms with Gasteiger partial charge in [-0.05, 0) is 84.9 Å². The summed E-state index contributed by atoms with van der Waals surface area (Å²) >= 11 is 0. The molecular formula is C75H102N22O13S2. The topological polar surface area (TPSA) is 578 Å². The first-order valence-electron chi connectivity index (χ1n) is 36.8. The van der Waals surface area contributed by atoms with Crippen LogP contribution in [0.4, 0.5) is 0 Å². The number of aromatic amines is 2. The molecule has 1 aliphatic heterocycles. The number of guanidine groups is 2. The molecule has 0 unspecified atom stereocenters. The third-order valence-electron chi connectivity index (χ3n) is 18.1. The Morgan fingerprint density at radius 1 is 0.562 bits per heavy atom. The van der Waals surface area contributed by atoms with Crippen molar-refractivity contribution in [2.24, 2.45) is 28.9 Å². The van der Waals surface area contributed by atoms with Crippen LogP contribution in [0.15, 0.2) is 128 Å². The van der Waals surface area contributed by atoms with Crippen molar-refractivity contribution in [2.45, 2.75) is 164 Å². The molecule has 12 amide bonds. The lowest BCUT2D eigenvalue weighted by Gasteiger charge is -2.29. The standard InChI is InChI=1S/C75H102N22O13S2/c1-4-5-21-52(90-73(110)62(42(2)3)97-63(100)50(76)31-45-25-27-48(98)28-26-45)67(104)95-60-40-112-111-39-59(71(108)89-54(24-15-30-84-75(80)81)65(102)91-55(64(101)86-38-61(77)99)32-43-16-8-6-9-17-43)96-69(106)57(34-46-36-85-51-22-13-12-20-49(46)51)93-66(103)53(23-14-29-83-74(78)79)88-68(105)56(33-44-18-10-7-11-19-44)92-70(107)58(94-72(60)109)35-47-37-82-41-87-47/h6-13,16-20,22,25-28,36-37,41-42,50,52-60,62,85,98H,4-5,14-15,21,23-24,29-35,38-40,76H2,1-3H3,(H2,77,99)(H,82,87)(H,86,101)(H,88,105)(H,89,108)(H,90,110)(H,91,102)(H,92,107)(H,93,103)(H,94,109)(H,95,104)(H,96,106)(H,97,100)(H4,78,79,83)(H4,80,81,84)/t50-,52-,53-,54-,55-,56-,57-,58-,59-,60-,62-/m0/s1. The second kappa shape index (κ2) is 44.8. The van der Waals surface area contributed by atoms with Crippen molar-refractivity contribution in [1.29, 1.82) is 10.8 Å². The van der Waals surface area contributed by atoms with E-state index >= 15 is 33.6 Å². The van der Waals surface area contributed by atoms with E-state index in [0.717, 1.165) is 21.6 Å². The molecule has 2 aromatic heterocycles. The van der Waals surface area contributed by atoms with E-state index < -0.39 is 162 Å². The minimum absolute atomic E-state index is 0.00963. The Kier molecular flexibility index (Phi) is 35.0. The van der Waals surface area contributed by atoms with Crippen LogP contribution < -0.4 is 92.1 Å². The van der Waals surface area contributed by atoms with Gasteiger partial charge in [-0.2, -0.15) is 0 Å². The fourth-order valence-corrected chi connectivity index (χ4v) is 14.4. The fraction of sp³-hybridized carbons (Fsp3) is 0.427. The molecule has 1 saturated heterocycles. The van der Waals surface area contributed by atoms with Gasteiger partial charge >= 0.3 is 0 Å². The number of nitrogens with two attached hydrogens (primary N) is 4. The number of phenols is 1. The molecule has 37 heteroatoms. The van der Waals surface area contributed by atoms with Crippen molar-refractivity contribution in [3.05, 3.63) is 156 Å². The number of aromatic hydroxyl groups is 1. The van der Waals surface area contributed by atoms with Crippen LogP contribution in [0.5, 0.6) is 5.75 Å². The maximum atomic E-state index is 15.5.